The number of aromatic nitrogens is 2. The second kappa shape index (κ2) is 8.09. The minimum absolute atomic E-state index is 0.0852. The fraction of sp³-hybridized carbons (Fsp3) is 0.500. The summed E-state index contributed by atoms with van der Waals surface area (Å²) >= 11 is 0. The van der Waals surface area contributed by atoms with Crippen LogP contribution in [-0.2, 0) is 4.79 Å². The number of nitrogens with zero attached hydrogens (tertiary/aromatic N) is 3. The van der Waals surface area contributed by atoms with Crippen LogP contribution < -0.4 is 4.74 Å². The fourth-order valence-electron chi connectivity index (χ4n) is 3.02. The van der Waals surface area contributed by atoms with E-state index in [1.54, 1.807) is 25.1 Å². The molecule has 7 heteroatoms. The van der Waals surface area contributed by atoms with E-state index in [2.05, 4.69) is 10.1 Å². The van der Waals surface area contributed by atoms with Crippen LogP contribution >= 0.6 is 0 Å². The Bertz CT molecular complexity index is 719. The standard InChI is InChI=1S/C18H22FN3O3/c1-13-20-18(21-25-13)14-6-4-10-22(12-14)17(23)9-5-11-24-16-8-3-2-7-15(16)19/h2-3,7-8,14H,4-6,9-12H2,1H3. The lowest BCUT2D eigenvalue weighted by Crippen LogP contribution is -2.39. The third kappa shape index (κ3) is 4.55. The van der Waals surface area contributed by atoms with Crippen LogP contribution in [0.15, 0.2) is 28.8 Å². The van der Waals surface area contributed by atoms with E-state index in [0.29, 0.717) is 37.7 Å². The zero-order valence-electron chi connectivity index (χ0n) is 14.3. The van der Waals surface area contributed by atoms with Crippen molar-refractivity contribution in [2.75, 3.05) is 19.7 Å². The van der Waals surface area contributed by atoms with Gasteiger partial charge >= 0.3 is 0 Å². The van der Waals surface area contributed by atoms with Crippen molar-refractivity contribution in [1.82, 2.24) is 15.0 Å². The van der Waals surface area contributed by atoms with E-state index < -0.39 is 0 Å². The number of benzene rings is 1. The van der Waals surface area contributed by atoms with Gasteiger partial charge in [-0.2, -0.15) is 4.98 Å². The van der Waals surface area contributed by atoms with Gasteiger partial charge in [0.05, 0.1) is 6.61 Å². The quantitative estimate of drug-likeness (QED) is 0.751. The van der Waals surface area contributed by atoms with Crippen LogP contribution in [0.1, 0.15) is 43.3 Å². The maximum Gasteiger partial charge on any atom is 0.223 e. The van der Waals surface area contributed by atoms with Crippen molar-refractivity contribution in [2.24, 2.45) is 0 Å². The number of ether oxygens (including phenoxy) is 1. The molecule has 1 aromatic carbocycles. The second-order valence-corrected chi connectivity index (χ2v) is 6.23. The molecule has 134 valence electrons. The van der Waals surface area contributed by atoms with Crippen LogP contribution in [0.25, 0.3) is 0 Å². The van der Waals surface area contributed by atoms with Crippen molar-refractivity contribution in [3.05, 3.63) is 41.8 Å². The Morgan fingerprint density at radius 2 is 2.28 bits per heavy atom. The predicted octanol–water partition coefficient (Wildman–Crippen LogP) is 3.08. The number of rotatable bonds is 6. The number of piperidine rings is 1. The SMILES string of the molecule is Cc1nc(C2CCCN(C(=O)CCCOc3ccccc3F)C2)no1. The molecule has 1 atom stereocenters. The first-order chi connectivity index (χ1) is 12.1. The van der Waals surface area contributed by atoms with Crippen molar-refractivity contribution < 1.29 is 18.4 Å². The van der Waals surface area contributed by atoms with Crippen molar-refractivity contribution in [3.8, 4) is 5.75 Å². The van der Waals surface area contributed by atoms with Crippen molar-refractivity contribution >= 4 is 5.91 Å². The third-order valence-electron chi connectivity index (χ3n) is 4.31. The van der Waals surface area contributed by atoms with E-state index in [-0.39, 0.29) is 23.4 Å². The largest absolute Gasteiger partial charge is 0.491 e. The summed E-state index contributed by atoms with van der Waals surface area (Å²) in [6.45, 7) is 3.44. The maximum absolute atomic E-state index is 13.5. The van der Waals surface area contributed by atoms with Gasteiger partial charge in [-0.25, -0.2) is 4.39 Å². The molecule has 0 spiro atoms. The Balaban J connectivity index is 1.44. The first-order valence-corrected chi connectivity index (χ1v) is 8.59. The first kappa shape index (κ1) is 17.4. The van der Waals surface area contributed by atoms with Gasteiger partial charge in [0.1, 0.15) is 0 Å². The van der Waals surface area contributed by atoms with Gasteiger partial charge in [-0.05, 0) is 31.4 Å². The Morgan fingerprint density at radius 1 is 1.44 bits per heavy atom. The molecule has 1 fully saturated rings. The monoisotopic (exact) mass is 347 g/mol. The smallest absolute Gasteiger partial charge is 0.223 e. The normalized spacial score (nSPS) is 17.5. The molecular weight excluding hydrogens is 325 g/mol. The number of para-hydroxylation sites is 1. The van der Waals surface area contributed by atoms with Crippen LogP contribution in [0.4, 0.5) is 4.39 Å². The van der Waals surface area contributed by atoms with Crippen molar-refractivity contribution in [2.45, 2.75) is 38.5 Å². The molecule has 1 unspecified atom stereocenters. The molecule has 1 aromatic heterocycles. The van der Waals surface area contributed by atoms with Crippen molar-refractivity contribution in [1.29, 1.82) is 0 Å². The zero-order valence-corrected chi connectivity index (χ0v) is 14.3. The molecule has 0 radical (unpaired) electrons. The average Bonchev–Trinajstić information content (AvgIpc) is 3.06. The molecule has 1 amide bonds. The van der Waals surface area contributed by atoms with Gasteiger partial charge in [0.2, 0.25) is 11.8 Å². The predicted molar refractivity (Wildman–Crippen MR) is 88.7 cm³/mol. The van der Waals surface area contributed by atoms with Gasteiger partial charge in [0.15, 0.2) is 17.4 Å². The summed E-state index contributed by atoms with van der Waals surface area (Å²) in [5.74, 6) is 1.28. The molecule has 6 nitrogen and oxygen atoms in total. The molecule has 1 aliphatic heterocycles. The summed E-state index contributed by atoms with van der Waals surface area (Å²) in [6, 6.07) is 6.27. The van der Waals surface area contributed by atoms with E-state index in [4.69, 9.17) is 9.26 Å². The number of amides is 1. The van der Waals surface area contributed by atoms with Gasteiger partial charge in [0.25, 0.3) is 0 Å². The van der Waals surface area contributed by atoms with E-state index in [9.17, 15) is 9.18 Å². The molecule has 0 saturated carbocycles. The molecule has 25 heavy (non-hydrogen) atoms. The zero-order chi connectivity index (χ0) is 17.6. The minimum atomic E-state index is -0.386. The van der Waals surface area contributed by atoms with E-state index in [1.807, 2.05) is 4.90 Å². The van der Waals surface area contributed by atoms with Gasteiger partial charge in [0, 0.05) is 32.4 Å². The summed E-state index contributed by atoms with van der Waals surface area (Å²) in [4.78, 5) is 18.5. The lowest BCUT2D eigenvalue weighted by Gasteiger charge is -2.31. The topological polar surface area (TPSA) is 68.5 Å². The van der Waals surface area contributed by atoms with Gasteiger partial charge < -0.3 is 14.2 Å². The number of hydrogen-bond acceptors (Lipinski definition) is 5. The molecule has 0 N–H and O–H groups in total. The lowest BCUT2D eigenvalue weighted by atomic mass is 9.97. The average molecular weight is 347 g/mol. The third-order valence-corrected chi connectivity index (χ3v) is 4.31. The molecule has 2 aromatic rings. The number of likely N-dealkylation sites (tertiary alicyclic amines) is 1. The number of aryl methyl sites for hydroxylation is 1. The molecular formula is C18H22FN3O3. The Morgan fingerprint density at radius 3 is 3.04 bits per heavy atom. The lowest BCUT2D eigenvalue weighted by molar-refractivity contribution is -0.132. The van der Waals surface area contributed by atoms with E-state index in [1.165, 1.54) is 6.07 Å². The van der Waals surface area contributed by atoms with Crippen LogP contribution in [0.3, 0.4) is 0 Å². The van der Waals surface area contributed by atoms with Crippen LogP contribution in [0, 0.1) is 12.7 Å². The second-order valence-electron chi connectivity index (χ2n) is 6.23. The van der Waals surface area contributed by atoms with Crippen LogP contribution in [-0.4, -0.2) is 40.6 Å². The molecule has 3 rings (SSSR count). The summed E-state index contributed by atoms with van der Waals surface area (Å²) in [7, 11) is 0. The Kier molecular flexibility index (Phi) is 5.63. The fourth-order valence-corrected chi connectivity index (χ4v) is 3.02. The summed E-state index contributed by atoms with van der Waals surface area (Å²) in [5.41, 5.74) is 0. The van der Waals surface area contributed by atoms with E-state index in [0.717, 1.165) is 19.4 Å². The minimum Gasteiger partial charge on any atom is -0.491 e. The molecule has 0 bridgehead atoms. The molecule has 1 saturated heterocycles. The number of carbonyl (C=O) groups is 1. The van der Waals surface area contributed by atoms with Gasteiger partial charge in [-0.3, -0.25) is 4.79 Å². The number of hydrogen-bond donors (Lipinski definition) is 0. The number of halogens is 1. The number of carbonyl (C=O) groups excluding carboxylic acids is 1. The maximum atomic E-state index is 13.5. The molecule has 1 aliphatic rings. The van der Waals surface area contributed by atoms with Crippen LogP contribution in [0.5, 0.6) is 5.75 Å². The summed E-state index contributed by atoms with van der Waals surface area (Å²) in [6.07, 6.45) is 2.82. The van der Waals surface area contributed by atoms with Crippen LogP contribution in [0.2, 0.25) is 0 Å². The molecule has 0 aliphatic carbocycles. The highest BCUT2D eigenvalue weighted by Crippen LogP contribution is 2.25. The van der Waals surface area contributed by atoms with Crippen molar-refractivity contribution in [3.63, 3.8) is 0 Å². The Labute approximate surface area is 146 Å². The highest BCUT2D eigenvalue weighted by Gasteiger charge is 2.27. The highest BCUT2D eigenvalue weighted by molar-refractivity contribution is 5.76. The van der Waals surface area contributed by atoms with Gasteiger partial charge in [-0.15, -0.1) is 0 Å². The highest BCUT2D eigenvalue weighted by atomic mass is 19.1. The molecule has 2 heterocycles. The summed E-state index contributed by atoms with van der Waals surface area (Å²) in [5, 5.41) is 3.97. The van der Waals surface area contributed by atoms with Gasteiger partial charge in [-0.1, -0.05) is 17.3 Å². The Hall–Kier alpha value is -2.44. The summed E-state index contributed by atoms with van der Waals surface area (Å²) < 4.78 is 23.9. The van der Waals surface area contributed by atoms with E-state index >= 15 is 0 Å². The first-order valence-electron chi connectivity index (χ1n) is 8.59.